The lowest BCUT2D eigenvalue weighted by molar-refractivity contribution is -0.297. The molecule has 0 aliphatic carbocycles. The number of hydrogen-bond acceptors (Lipinski definition) is 11. The van der Waals surface area contributed by atoms with E-state index in [4.69, 9.17) is 18.9 Å². The molecular weight excluding hydrogens is 680 g/mol. The summed E-state index contributed by atoms with van der Waals surface area (Å²) in [5.41, 5.74) is 3.27. The van der Waals surface area contributed by atoms with Crippen LogP contribution in [0.2, 0.25) is 0 Å². The van der Waals surface area contributed by atoms with Gasteiger partial charge in [-0.2, -0.15) is 8.42 Å². The van der Waals surface area contributed by atoms with Gasteiger partial charge in [0.05, 0.1) is 6.61 Å². The van der Waals surface area contributed by atoms with Crippen molar-refractivity contribution >= 4 is 22.1 Å². The van der Waals surface area contributed by atoms with Gasteiger partial charge in [0.1, 0.15) is 36.8 Å². The quantitative estimate of drug-likeness (QED) is 0.0262. The van der Waals surface area contributed by atoms with Gasteiger partial charge < -0.3 is 34.3 Å². The minimum absolute atomic E-state index is 0.161. The molecule has 0 saturated carbocycles. The van der Waals surface area contributed by atoms with Gasteiger partial charge in [0.15, 0.2) is 12.4 Å². The Kier molecular flexibility index (Phi) is 27.4. The maximum atomic E-state index is 12.6. The molecule has 13 heteroatoms. The molecule has 12 nitrogen and oxygen atoms in total. The van der Waals surface area contributed by atoms with Crippen molar-refractivity contribution in [3.05, 3.63) is 17.9 Å². The van der Waals surface area contributed by atoms with Gasteiger partial charge in [-0.1, -0.05) is 104 Å². The van der Waals surface area contributed by atoms with Crippen molar-refractivity contribution in [3.8, 4) is 0 Å². The molecule has 0 spiro atoms. The fourth-order valence-corrected chi connectivity index (χ4v) is 6.46. The Labute approximate surface area is 307 Å². The van der Waals surface area contributed by atoms with Crippen molar-refractivity contribution in [2.24, 2.45) is 0 Å². The maximum Gasteiger partial charge on any atom is 0.306 e. The first-order valence-electron chi connectivity index (χ1n) is 19.5. The predicted octanol–water partition coefficient (Wildman–Crippen LogP) is 6.49. The molecule has 1 saturated heterocycles. The average Bonchev–Trinajstić information content (AvgIpc) is 3.09. The van der Waals surface area contributed by atoms with Crippen molar-refractivity contribution in [2.45, 2.75) is 192 Å². The van der Waals surface area contributed by atoms with E-state index in [2.05, 4.69) is 31.7 Å². The fraction of sp³-hybridized carbons (Fsp3) is 0.868. The molecule has 0 radical (unpaired) electrons. The molecule has 1 aliphatic rings. The summed E-state index contributed by atoms with van der Waals surface area (Å²) in [6.45, 7) is 3.66. The molecular formula is C38H68O12S. The number of aliphatic hydroxyl groups excluding tert-OH is 3. The van der Waals surface area contributed by atoms with E-state index in [0.717, 1.165) is 57.8 Å². The summed E-state index contributed by atoms with van der Waals surface area (Å²) in [5.74, 6) is -2.01. The first kappa shape index (κ1) is 47.2. The van der Waals surface area contributed by atoms with E-state index in [1.165, 1.54) is 57.8 Å². The highest BCUT2D eigenvalue weighted by atomic mass is 32.2. The molecule has 1 fully saturated rings. The first-order valence-corrected chi connectivity index (χ1v) is 21.1. The van der Waals surface area contributed by atoms with Gasteiger partial charge >= 0.3 is 11.9 Å². The molecule has 6 atom stereocenters. The van der Waals surface area contributed by atoms with Crippen LogP contribution in [-0.2, 0) is 38.7 Å². The lowest BCUT2D eigenvalue weighted by Crippen LogP contribution is -2.60. The van der Waals surface area contributed by atoms with Gasteiger partial charge in [-0.25, -0.2) is 0 Å². The molecule has 0 aromatic carbocycles. The number of unbranched alkanes of at least 4 members (excludes halogenated alkanes) is 17. The van der Waals surface area contributed by atoms with E-state index >= 15 is 0 Å². The summed E-state index contributed by atoms with van der Waals surface area (Å²) in [5, 5.41) is 30.7. The van der Waals surface area contributed by atoms with E-state index in [1.807, 2.05) is 0 Å². The fourth-order valence-electron chi connectivity index (χ4n) is 5.77. The van der Waals surface area contributed by atoms with Crippen LogP contribution in [0.15, 0.2) is 17.9 Å². The van der Waals surface area contributed by atoms with Gasteiger partial charge in [0.2, 0.25) is 0 Å². The Morgan fingerprint density at radius 2 is 1.18 bits per heavy atom. The van der Waals surface area contributed by atoms with Crippen LogP contribution in [0.1, 0.15) is 155 Å². The Balaban J connectivity index is 2.51. The molecule has 4 N–H and O–H groups in total. The zero-order chi connectivity index (χ0) is 37.7. The predicted molar refractivity (Wildman–Crippen MR) is 195 cm³/mol. The second kappa shape index (κ2) is 29.6. The van der Waals surface area contributed by atoms with Crippen LogP contribution in [0.5, 0.6) is 0 Å². The molecule has 1 rings (SSSR count). The lowest BCUT2D eigenvalue weighted by atomic mass is 10.00. The van der Waals surface area contributed by atoms with Gasteiger partial charge in [0, 0.05) is 12.8 Å². The summed E-state index contributed by atoms with van der Waals surface area (Å²) in [4.78, 5) is 25.1. The third-order valence-corrected chi connectivity index (χ3v) is 9.62. The highest BCUT2D eigenvalue weighted by Crippen LogP contribution is 2.24. The van der Waals surface area contributed by atoms with Crippen LogP contribution >= 0.6 is 0 Å². The summed E-state index contributed by atoms with van der Waals surface area (Å²) in [6.07, 6.45) is 16.4. The highest BCUT2D eigenvalue weighted by Gasteiger charge is 2.46. The van der Waals surface area contributed by atoms with Gasteiger partial charge in [-0.3, -0.25) is 14.1 Å². The van der Waals surface area contributed by atoms with Gasteiger partial charge in [0.25, 0.3) is 10.1 Å². The van der Waals surface area contributed by atoms with Crippen LogP contribution in [0.25, 0.3) is 0 Å². The van der Waals surface area contributed by atoms with E-state index in [-0.39, 0.29) is 19.4 Å². The first-order chi connectivity index (χ1) is 24.5. The summed E-state index contributed by atoms with van der Waals surface area (Å²) in [7, 11) is -4.59. The van der Waals surface area contributed by atoms with Crippen LogP contribution < -0.4 is 0 Å². The SMILES string of the molecule is CCCCCCCC=C=CCCCCCCCC(=O)OC[C@H](CO[C@H]1O[C@H](CS(=O)(=O)O)[C@@H](O)C(O)C1O)OC(=O)CCCCCCCCCC. The van der Waals surface area contributed by atoms with Crippen molar-refractivity contribution < 1.29 is 56.8 Å². The minimum atomic E-state index is -4.59. The van der Waals surface area contributed by atoms with Crippen molar-refractivity contribution in [2.75, 3.05) is 19.0 Å². The maximum absolute atomic E-state index is 12.6. The number of hydrogen-bond donors (Lipinski definition) is 4. The molecule has 2 unspecified atom stereocenters. The Hall–Kier alpha value is -1.83. The normalized spacial score (nSPS) is 21.1. The molecule has 298 valence electrons. The third-order valence-electron chi connectivity index (χ3n) is 8.87. The highest BCUT2D eigenvalue weighted by molar-refractivity contribution is 7.85. The summed E-state index contributed by atoms with van der Waals surface area (Å²) < 4.78 is 53.7. The second-order valence-electron chi connectivity index (χ2n) is 13.7. The number of esters is 2. The average molecular weight is 749 g/mol. The molecule has 1 aliphatic heterocycles. The van der Waals surface area contributed by atoms with Crippen LogP contribution in [-0.4, -0.2) is 96.0 Å². The van der Waals surface area contributed by atoms with E-state index < -0.39 is 71.2 Å². The minimum Gasteiger partial charge on any atom is -0.462 e. The smallest absolute Gasteiger partial charge is 0.306 e. The van der Waals surface area contributed by atoms with Gasteiger partial charge in [-0.15, -0.1) is 5.73 Å². The van der Waals surface area contributed by atoms with Crippen LogP contribution in [0.4, 0.5) is 0 Å². The van der Waals surface area contributed by atoms with E-state index in [0.29, 0.717) is 12.8 Å². The molecule has 0 bridgehead atoms. The zero-order valence-electron chi connectivity index (χ0n) is 31.3. The second-order valence-corrected chi connectivity index (χ2v) is 15.2. The van der Waals surface area contributed by atoms with Crippen molar-refractivity contribution in [1.29, 1.82) is 0 Å². The Bertz CT molecular complexity index is 1070. The Morgan fingerprint density at radius 1 is 0.686 bits per heavy atom. The van der Waals surface area contributed by atoms with Crippen LogP contribution in [0.3, 0.4) is 0 Å². The number of carbonyl (C=O) groups is 2. The van der Waals surface area contributed by atoms with Crippen LogP contribution in [0, 0.1) is 0 Å². The molecule has 1 heterocycles. The number of carbonyl (C=O) groups excluding carboxylic acids is 2. The standard InChI is InChI=1S/C38H68O12S/c1-3-5-7-9-11-13-14-15-16-17-18-19-21-22-24-26-33(39)47-28-31(49-34(40)27-25-23-20-12-10-8-6-4-2)29-48-38-37(43)36(42)35(41)32(50-38)30-51(44,45)46/h14,16,31-32,35-38,41-43H,3-13,17-30H2,1-2H3,(H,44,45,46)/t15?,31-,32-,35-,36?,37?,38+/m1/s1. The number of ether oxygens (including phenoxy) is 4. The molecule has 0 aromatic heterocycles. The monoisotopic (exact) mass is 748 g/mol. The summed E-state index contributed by atoms with van der Waals surface area (Å²) in [6, 6.07) is 0. The molecule has 51 heavy (non-hydrogen) atoms. The molecule has 0 aromatic rings. The molecule has 0 amide bonds. The van der Waals surface area contributed by atoms with Crippen molar-refractivity contribution in [1.82, 2.24) is 0 Å². The van der Waals surface area contributed by atoms with E-state index in [9.17, 15) is 37.9 Å². The van der Waals surface area contributed by atoms with Crippen molar-refractivity contribution in [3.63, 3.8) is 0 Å². The largest absolute Gasteiger partial charge is 0.462 e. The van der Waals surface area contributed by atoms with Gasteiger partial charge in [-0.05, 0) is 50.7 Å². The third kappa shape index (κ3) is 24.9. The summed E-state index contributed by atoms with van der Waals surface area (Å²) >= 11 is 0. The number of allylic oxidation sites excluding steroid dienone is 1. The Morgan fingerprint density at radius 3 is 1.71 bits per heavy atom. The lowest BCUT2D eigenvalue weighted by Gasteiger charge is -2.40. The number of rotatable bonds is 31. The topological polar surface area (TPSA) is 186 Å². The zero-order valence-corrected chi connectivity index (χ0v) is 32.1. The number of aliphatic hydroxyl groups is 3. The van der Waals surface area contributed by atoms with E-state index in [1.54, 1.807) is 0 Å².